The van der Waals surface area contributed by atoms with E-state index in [0.717, 1.165) is 16.8 Å². The summed E-state index contributed by atoms with van der Waals surface area (Å²) in [7, 11) is 0. The number of primary amides is 2. The van der Waals surface area contributed by atoms with Gasteiger partial charge in [0.1, 0.15) is 11.4 Å². The molecule has 0 radical (unpaired) electrons. The van der Waals surface area contributed by atoms with E-state index in [1.165, 1.54) is 0 Å². The second-order valence-corrected chi connectivity index (χ2v) is 4.23. The summed E-state index contributed by atoms with van der Waals surface area (Å²) < 4.78 is 0. The van der Waals surface area contributed by atoms with Gasteiger partial charge in [-0.25, -0.2) is 0 Å². The Morgan fingerprint density at radius 1 is 1.00 bits per heavy atom. The van der Waals surface area contributed by atoms with Crippen LogP contribution in [0.1, 0.15) is 11.1 Å². The molecule has 0 unspecified atom stereocenters. The van der Waals surface area contributed by atoms with Gasteiger partial charge in [-0.05, 0) is 31.0 Å². The molecule has 0 spiro atoms. The lowest BCUT2D eigenvalue weighted by atomic mass is 10.0. The number of nitrogens with one attached hydrogen (secondary N) is 2. The lowest BCUT2D eigenvalue weighted by molar-refractivity contribution is -0.117. The zero-order valence-corrected chi connectivity index (χ0v) is 10.1. The molecule has 1 aromatic carbocycles. The van der Waals surface area contributed by atoms with Gasteiger partial charge in [0.2, 0.25) is 0 Å². The summed E-state index contributed by atoms with van der Waals surface area (Å²) in [4.78, 5) is 22.6. The summed E-state index contributed by atoms with van der Waals surface area (Å²) in [5, 5.41) is 5.72. The second kappa shape index (κ2) is 4.06. The first kappa shape index (κ1) is 12.0. The third kappa shape index (κ3) is 1.88. The molecule has 2 rings (SSSR count). The summed E-state index contributed by atoms with van der Waals surface area (Å²) in [5.41, 5.74) is 13.8. The number of hydrogen-bond acceptors (Lipinski definition) is 4. The first-order valence-corrected chi connectivity index (χ1v) is 5.39. The van der Waals surface area contributed by atoms with Crippen molar-refractivity contribution in [1.82, 2.24) is 0 Å². The average molecular weight is 246 g/mol. The van der Waals surface area contributed by atoms with Gasteiger partial charge in [0, 0.05) is 0 Å². The minimum absolute atomic E-state index is 0.0121. The quantitative estimate of drug-likeness (QED) is 0.602. The smallest absolute Gasteiger partial charge is 0.267 e. The van der Waals surface area contributed by atoms with Crippen molar-refractivity contribution in [1.29, 1.82) is 0 Å². The molecule has 0 atom stereocenters. The maximum atomic E-state index is 11.3. The van der Waals surface area contributed by atoms with Crippen molar-refractivity contribution < 1.29 is 9.59 Å². The molecular weight excluding hydrogens is 232 g/mol. The number of nitrogens with two attached hydrogens (primary N) is 2. The summed E-state index contributed by atoms with van der Waals surface area (Å²) in [6.07, 6.45) is 0. The van der Waals surface area contributed by atoms with Crippen LogP contribution in [0.5, 0.6) is 0 Å². The third-order valence-corrected chi connectivity index (χ3v) is 2.73. The highest BCUT2D eigenvalue weighted by atomic mass is 16.2. The summed E-state index contributed by atoms with van der Waals surface area (Å²) in [5.74, 6) is -1.47. The van der Waals surface area contributed by atoms with Crippen LogP contribution in [-0.2, 0) is 9.59 Å². The highest BCUT2D eigenvalue weighted by molar-refractivity contribution is 6.09. The molecule has 18 heavy (non-hydrogen) atoms. The molecule has 0 fully saturated rings. The van der Waals surface area contributed by atoms with Crippen LogP contribution in [0.2, 0.25) is 0 Å². The Morgan fingerprint density at radius 3 is 2.11 bits per heavy atom. The number of hydrogen-bond donors (Lipinski definition) is 4. The Hall–Kier alpha value is -2.50. The molecule has 0 bridgehead atoms. The van der Waals surface area contributed by atoms with E-state index in [-0.39, 0.29) is 11.4 Å². The van der Waals surface area contributed by atoms with E-state index in [4.69, 9.17) is 11.5 Å². The molecule has 1 heterocycles. The normalized spacial score (nSPS) is 13.4. The number of fused-ring (bicyclic) bond motifs is 1. The Balaban J connectivity index is 2.57. The van der Waals surface area contributed by atoms with Gasteiger partial charge in [-0.15, -0.1) is 0 Å². The zero-order valence-electron chi connectivity index (χ0n) is 10.1. The SMILES string of the molecule is Cc1cc(C)c2c(c1)NC(C(N)=O)=C(C(N)=O)N2. The molecule has 0 aliphatic carbocycles. The van der Waals surface area contributed by atoms with E-state index in [0.29, 0.717) is 5.69 Å². The fraction of sp³-hybridized carbons (Fsp3) is 0.167. The molecule has 0 saturated heterocycles. The molecule has 6 nitrogen and oxygen atoms in total. The number of aryl methyl sites for hydroxylation is 2. The van der Waals surface area contributed by atoms with Gasteiger partial charge in [-0.3, -0.25) is 9.59 Å². The van der Waals surface area contributed by atoms with Crippen LogP contribution in [0, 0.1) is 13.8 Å². The summed E-state index contributed by atoms with van der Waals surface area (Å²) >= 11 is 0. The van der Waals surface area contributed by atoms with Gasteiger partial charge < -0.3 is 22.1 Å². The first-order valence-electron chi connectivity index (χ1n) is 5.39. The first-order chi connectivity index (χ1) is 8.40. The van der Waals surface area contributed by atoms with Crippen molar-refractivity contribution in [3.05, 3.63) is 34.7 Å². The minimum Gasteiger partial charge on any atom is -0.364 e. The van der Waals surface area contributed by atoms with Crippen LogP contribution in [0.3, 0.4) is 0 Å². The standard InChI is InChI=1S/C12H14N4O2/c1-5-3-6(2)8-7(4-5)15-9(11(13)17)10(16-8)12(14)18/h3-4,15-16H,1-2H3,(H2,13,17)(H2,14,18). The summed E-state index contributed by atoms with van der Waals surface area (Å²) in [6.45, 7) is 3.83. The van der Waals surface area contributed by atoms with E-state index >= 15 is 0 Å². The predicted octanol–water partition coefficient (Wildman–Crippen LogP) is 0.323. The van der Waals surface area contributed by atoms with Crippen molar-refractivity contribution in [2.75, 3.05) is 10.6 Å². The number of carbonyl (C=O) groups excluding carboxylic acids is 2. The van der Waals surface area contributed by atoms with Crippen molar-refractivity contribution in [3.63, 3.8) is 0 Å². The van der Waals surface area contributed by atoms with Gasteiger partial charge in [0.05, 0.1) is 11.4 Å². The van der Waals surface area contributed by atoms with Gasteiger partial charge in [0.15, 0.2) is 0 Å². The van der Waals surface area contributed by atoms with E-state index in [1.54, 1.807) is 0 Å². The monoisotopic (exact) mass is 246 g/mol. The van der Waals surface area contributed by atoms with Crippen LogP contribution in [0.4, 0.5) is 11.4 Å². The van der Waals surface area contributed by atoms with Crippen LogP contribution >= 0.6 is 0 Å². The highest BCUT2D eigenvalue weighted by Crippen LogP contribution is 2.33. The molecule has 6 heteroatoms. The third-order valence-electron chi connectivity index (χ3n) is 2.73. The van der Waals surface area contributed by atoms with Crippen molar-refractivity contribution in [2.24, 2.45) is 11.5 Å². The highest BCUT2D eigenvalue weighted by Gasteiger charge is 2.25. The number of benzene rings is 1. The molecule has 0 aromatic heterocycles. The second-order valence-electron chi connectivity index (χ2n) is 4.23. The number of rotatable bonds is 2. The molecule has 1 aliphatic rings. The van der Waals surface area contributed by atoms with E-state index in [9.17, 15) is 9.59 Å². The van der Waals surface area contributed by atoms with Gasteiger partial charge in [0.25, 0.3) is 11.8 Å². The van der Waals surface area contributed by atoms with Gasteiger partial charge in [-0.2, -0.15) is 0 Å². The fourth-order valence-electron chi connectivity index (χ4n) is 1.99. The number of anilines is 2. The number of carbonyl (C=O) groups is 2. The van der Waals surface area contributed by atoms with E-state index in [2.05, 4.69) is 10.6 Å². The number of amides is 2. The maximum absolute atomic E-state index is 11.3. The predicted molar refractivity (Wildman–Crippen MR) is 68.6 cm³/mol. The lowest BCUT2D eigenvalue weighted by Gasteiger charge is -2.25. The Labute approximate surface area is 104 Å². The Kier molecular flexibility index (Phi) is 2.70. The zero-order chi connectivity index (χ0) is 13.4. The average Bonchev–Trinajstić information content (AvgIpc) is 2.26. The van der Waals surface area contributed by atoms with E-state index in [1.807, 2.05) is 26.0 Å². The molecule has 2 amide bonds. The Morgan fingerprint density at radius 2 is 1.56 bits per heavy atom. The van der Waals surface area contributed by atoms with Gasteiger partial charge in [-0.1, -0.05) is 6.07 Å². The van der Waals surface area contributed by atoms with Crippen molar-refractivity contribution in [3.8, 4) is 0 Å². The molecule has 6 N–H and O–H groups in total. The minimum atomic E-state index is -0.735. The van der Waals surface area contributed by atoms with Crippen molar-refractivity contribution >= 4 is 23.2 Å². The maximum Gasteiger partial charge on any atom is 0.267 e. The molecule has 0 saturated carbocycles. The molecular formula is C12H14N4O2. The van der Waals surface area contributed by atoms with Crippen molar-refractivity contribution in [2.45, 2.75) is 13.8 Å². The fourth-order valence-corrected chi connectivity index (χ4v) is 1.99. The van der Waals surface area contributed by atoms with Crippen LogP contribution < -0.4 is 22.1 Å². The lowest BCUT2D eigenvalue weighted by Crippen LogP contribution is -2.33. The molecule has 1 aliphatic heterocycles. The molecule has 94 valence electrons. The Bertz CT molecular complexity index is 590. The van der Waals surface area contributed by atoms with Crippen LogP contribution in [-0.4, -0.2) is 11.8 Å². The van der Waals surface area contributed by atoms with Crippen LogP contribution in [0.25, 0.3) is 0 Å². The van der Waals surface area contributed by atoms with Gasteiger partial charge >= 0.3 is 0 Å². The van der Waals surface area contributed by atoms with Crippen LogP contribution in [0.15, 0.2) is 23.5 Å². The molecule has 1 aromatic rings. The summed E-state index contributed by atoms with van der Waals surface area (Å²) in [6, 6.07) is 3.82. The van der Waals surface area contributed by atoms with E-state index < -0.39 is 11.8 Å². The topological polar surface area (TPSA) is 110 Å². The largest absolute Gasteiger partial charge is 0.364 e.